The predicted octanol–water partition coefficient (Wildman–Crippen LogP) is 4.15. The smallest absolute Gasteiger partial charge is 0.343 e. The summed E-state index contributed by atoms with van der Waals surface area (Å²) in [6, 6.07) is 4.96. The molecule has 10 nitrogen and oxygen atoms in total. The highest BCUT2D eigenvalue weighted by Gasteiger charge is 2.40. The maximum absolute atomic E-state index is 13.5. The van der Waals surface area contributed by atoms with Gasteiger partial charge in [0.05, 0.1) is 34.0 Å². The Balaban J connectivity index is 1.15. The highest BCUT2D eigenvalue weighted by Crippen LogP contribution is 2.35. The minimum absolute atomic E-state index is 0.0726. The van der Waals surface area contributed by atoms with Crippen molar-refractivity contribution in [1.29, 1.82) is 0 Å². The van der Waals surface area contributed by atoms with E-state index in [-0.39, 0.29) is 37.4 Å². The van der Waals surface area contributed by atoms with Crippen LogP contribution in [0.3, 0.4) is 0 Å². The summed E-state index contributed by atoms with van der Waals surface area (Å²) in [5, 5.41) is 10.6. The van der Waals surface area contributed by atoms with Gasteiger partial charge in [-0.3, -0.25) is 19.7 Å². The van der Waals surface area contributed by atoms with Crippen LogP contribution in [0.1, 0.15) is 36.1 Å². The Hall–Kier alpha value is -3.87. The van der Waals surface area contributed by atoms with Gasteiger partial charge in [-0.2, -0.15) is 18.3 Å². The third kappa shape index (κ3) is 5.61. The van der Waals surface area contributed by atoms with Crippen LogP contribution in [-0.4, -0.2) is 86.1 Å². The number of nitrogens with one attached hydrogen (secondary N) is 2. The lowest BCUT2D eigenvalue weighted by atomic mass is 9.92. The van der Waals surface area contributed by atoms with E-state index < -0.39 is 24.5 Å². The fourth-order valence-corrected chi connectivity index (χ4v) is 6.60. The van der Waals surface area contributed by atoms with E-state index in [9.17, 15) is 27.6 Å². The van der Waals surface area contributed by atoms with Crippen LogP contribution in [0.2, 0.25) is 5.02 Å². The van der Waals surface area contributed by atoms with Crippen LogP contribution in [0.25, 0.3) is 10.9 Å². The highest BCUT2D eigenvalue weighted by atomic mass is 35.5. The first-order valence-corrected chi connectivity index (χ1v) is 14.2. The van der Waals surface area contributed by atoms with E-state index in [0.29, 0.717) is 71.6 Å². The first-order chi connectivity index (χ1) is 20.1. The van der Waals surface area contributed by atoms with Gasteiger partial charge in [0.1, 0.15) is 6.54 Å². The number of fused-ring (bicyclic) bond motifs is 4. The van der Waals surface area contributed by atoms with Crippen LogP contribution in [0.4, 0.5) is 23.7 Å². The number of aromatic amines is 1. The summed E-state index contributed by atoms with van der Waals surface area (Å²) in [6.45, 7) is -0.408. The van der Waals surface area contributed by atoms with Gasteiger partial charge in [0.15, 0.2) is 0 Å². The van der Waals surface area contributed by atoms with Crippen LogP contribution in [0.5, 0.6) is 0 Å². The Labute approximate surface area is 244 Å². The number of hydrogen-bond donors (Lipinski definition) is 2. The maximum Gasteiger partial charge on any atom is 0.406 e. The van der Waals surface area contributed by atoms with E-state index in [0.717, 1.165) is 10.6 Å². The van der Waals surface area contributed by atoms with E-state index in [4.69, 9.17) is 11.6 Å². The Morgan fingerprint density at radius 2 is 1.95 bits per heavy atom. The van der Waals surface area contributed by atoms with Crippen molar-refractivity contribution in [2.75, 3.05) is 31.5 Å². The standard InChI is InChI=1S/C28H29ClF3N7O3/c29-21-11-16-10-17(26(41)38(15-28(30,31)32)14-20(16)19-13-34-36-25(19)21)12-24(40)37-7-3-18(4-8-37)39-9-5-22-23(35-27(39)42)2-1-6-33-22/h1-2,6,11,13,17-18H,3-5,7-10,12,14-15H2,(H,34,36)(H,35,42). The molecule has 1 unspecified atom stereocenters. The van der Waals surface area contributed by atoms with E-state index in [2.05, 4.69) is 20.5 Å². The van der Waals surface area contributed by atoms with Gasteiger partial charge in [0.2, 0.25) is 11.8 Å². The molecule has 1 atom stereocenters. The largest absolute Gasteiger partial charge is 0.406 e. The molecule has 5 heterocycles. The van der Waals surface area contributed by atoms with Crippen LogP contribution in [0, 0.1) is 5.92 Å². The number of benzene rings is 1. The second-order valence-corrected chi connectivity index (χ2v) is 11.5. The molecule has 1 saturated heterocycles. The number of aromatic nitrogens is 3. The van der Waals surface area contributed by atoms with Crippen LogP contribution >= 0.6 is 11.6 Å². The number of alkyl halides is 3. The van der Waals surface area contributed by atoms with Crippen molar-refractivity contribution in [2.24, 2.45) is 5.92 Å². The highest BCUT2D eigenvalue weighted by molar-refractivity contribution is 6.35. The van der Waals surface area contributed by atoms with E-state index in [1.165, 1.54) is 6.20 Å². The Morgan fingerprint density at radius 3 is 2.71 bits per heavy atom. The molecule has 2 N–H and O–H groups in total. The molecule has 222 valence electrons. The number of urea groups is 1. The van der Waals surface area contributed by atoms with Crippen LogP contribution in [-0.2, 0) is 29.0 Å². The average Bonchev–Trinajstić information content (AvgIpc) is 3.34. The molecule has 1 aromatic carbocycles. The number of amides is 4. The molecule has 0 bridgehead atoms. The molecule has 0 radical (unpaired) electrons. The van der Waals surface area contributed by atoms with Crippen molar-refractivity contribution < 1.29 is 27.6 Å². The van der Waals surface area contributed by atoms with Crippen molar-refractivity contribution in [3.63, 3.8) is 0 Å². The summed E-state index contributed by atoms with van der Waals surface area (Å²) < 4.78 is 40.5. The van der Waals surface area contributed by atoms with E-state index >= 15 is 0 Å². The number of likely N-dealkylation sites (tertiary alicyclic amines) is 1. The molecule has 14 heteroatoms. The van der Waals surface area contributed by atoms with E-state index in [1.54, 1.807) is 28.1 Å². The third-order valence-electron chi connectivity index (χ3n) is 8.40. The van der Waals surface area contributed by atoms with Gasteiger partial charge >= 0.3 is 12.2 Å². The van der Waals surface area contributed by atoms with Crippen molar-refractivity contribution in [1.82, 2.24) is 29.9 Å². The molecule has 2 aromatic heterocycles. The van der Waals surface area contributed by atoms with Gasteiger partial charge in [-0.05, 0) is 48.6 Å². The molecule has 4 amide bonds. The first-order valence-electron chi connectivity index (χ1n) is 13.9. The monoisotopic (exact) mass is 603 g/mol. The molecule has 3 aliphatic rings. The van der Waals surface area contributed by atoms with Gasteiger partial charge < -0.3 is 20.0 Å². The molecule has 1 fully saturated rings. The normalized spacial score (nSPS) is 20.2. The molecular weight excluding hydrogens is 575 g/mol. The van der Waals surface area contributed by atoms with Gasteiger partial charge in [-0.15, -0.1) is 0 Å². The quantitative estimate of drug-likeness (QED) is 0.465. The number of H-pyrrole nitrogens is 1. The van der Waals surface area contributed by atoms with Crippen molar-refractivity contribution in [2.45, 2.75) is 50.9 Å². The zero-order chi connectivity index (χ0) is 29.6. The van der Waals surface area contributed by atoms with Crippen LogP contribution in [0.15, 0.2) is 30.6 Å². The molecule has 0 spiro atoms. The summed E-state index contributed by atoms with van der Waals surface area (Å²) in [7, 11) is 0. The zero-order valence-corrected chi connectivity index (χ0v) is 23.3. The molecular formula is C28H29ClF3N7O3. The predicted molar refractivity (Wildman–Crippen MR) is 148 cm³/mol. The van der Waals surface area contributed by atoms with Gasteiger partial charge in [-0.25, -0.2) is 4.79 Å². The number of hydrogen-bond acceptors (Lipinski definition) is 5. The minimum atomic E-state index is -4.60. The van der Waals surface area contributed by atoms with Crippen molar-refractivity contribution in [3.05, 3.63) is 52.4 Å². The third-order valence-corrected chi connectivity index (χ3v) is 8.70. The molecule has 0 saturated carbocycles. The number of carbonyl (C=O) groups is 3. The number of piperidine rings is 1. The molecule has 3 aliphatic heterocycles. The van der Waals surface area contributed by atoms with E-state index in [1.807, 2.05) is 6.07 Å². The molecule has 42 heavy (non-hydrogen) atoms. The molecule has 6 rings (SSSR count). The Bertz CT molecular complexity index is 1540. The lowest BCUT2D eigenvalue weighted by Crippen LogP contribution is -2.50. The van der Waals surface area contributed by atoms with Crippen molar-refractivity contribution in [3.8, 4) is 0 Å². The summed E-state index contributed by atoms with van der Waals surface area (Å²) >= 11 is 6.41. The van der Waals surface area contributed by atoms with Crippen LogP contribution < -0.4 is 5.32 Å². The van der Waals surface area contributed by atoms with Gasteiger partial charge in [-0.1, -0.05) is 11.6 Å². The number of anilines is 1. The molecule has 3 aromatic rings. The first kappa shape index (κ1) is 28.3. The Kier molecular flexibility index (Phi) is 7.46. The molecule has 0 aliphatic carbocycles. The second-order valence-electron chi connectivity index (χ2n) is 11.1. The number of carbonyl (C=O) groups excluding carboxylic acids is 3. The fraction of sp³-hybridized carbons (Fsp3) is 0.464. The maximum atomic E-state index is 13.5. The fourth-order valence-electron chi connectivity index (χ4n) is 6.32. The number of nitrogens with zero attached hydrogens (tertiary/aromatic N) is 5. The number of rotatable bonds is 4. The number of halogens is 4. The number of pyridine rings is 1. The van der Waals surface area contributed by atoms with Gasteiger partial charge in [0.25, 0.3) is 0 Å². The topological polar surface area (TPSA) is 115 Å². The average molecular weight is 604 g/mol. The second kappa shape index (κ2) is 11.1. The zero-order valence-electron chi connectivity index (χ0n) is 22.6. The summed E-state index contributed by atoms with van der Waals surface area (Å²) in [5.41, 5.74) is 3.19. The van der Waals surface area contributed by atoms with Gasteiger partial charge in [0, 0.05) is 56.6 Å². The lowest BCUT2D eigenvalue weighted by Gasteiger charge is -2.38. The Morgan fingerprint density at radius 1 is 1.17 bits per heavy atom. The SMILES string of the molecule is O=C(CC1Cc2cc(Cl)c3[nH]ncc3c2CN(CC(F)(F)F)C1=O)N1CCC(N2CCc3ncccc3NC2=O)CC1. The summed E-state index contributed by atoms with van der Waals surface area (Å²) in [6.07, 6.45) is 0.177. The lowest BCUT2D eigenvalue weighted by molar-refractivity contribution is -0.165. The minimum Gasteiger partial charge on any atom is -0.343 e. The summed E-state index contributed by atoms with van der Waals surface area (Å²) in [4.78, 5) is 48.3. The summed E-state index contributed by atoms with van der Waals surface area (Å²) in [5.74, 6) is -1.98. The van der Waals surface area contributed by atoms with Crippen molar-refractivity contribution >= 4 is 46.0 Å².